The Bertz CT molecular complexity index is 1540. The van der Waals surface area contributed by atoms with Crippen molar-refractivity contribution in [2.45, 2.75) is 63.1 Å². The highest BCUT2D eigenvalue weighted by Crippen LogP contribution is 2.44. The summed E-state index contributed by atoms with van der Waals surface area (Å²) in [6.07, 6.45) is 6.10. The lowest BCUT2D eigenvalue weighted by atomic mass is 9.85. The molecule has 6 heterocycles. The predicted molar refractivity (Wildman–Crippen MR) is 137 cm³/mol. The van der Waals surface area contributed by atoms with Crippen LogP contribution in [0.15, 0.2) is 24.5 Å². The fourth-order valence-corrected chi connectivity index (χ4v) is 6.35. The maximum absolute atomic E-state index is 12.8. The fraction of sp³-hybridized carbons (Fsp3) is 0.423. The van der Waals surface area contributed by atoms with Crippen molar-refractivity contribution in [3.05, 3.63) is 41.5 Å². The molecule has 3 fully saturated rings. The van der Waals surface area contributed by atoms with E-state index < -0.39 is 24.1 Å². The Kier molecular flexibility index (Phi) is 5.64. The molecule has 3 aromatic rings. The number of nitrogens with one attached hydrogen (secondary N) is 2. The summed E-state index contributed by atoms with van der Waals surface area (Å²) >= 11 is 0. The van der Waals surface area contributed by atoms with Gasteiger partial charge in [-0.15, -0.1) is 0 Å². The number of amides is 4. The molecule has 0 spiro atoms. The van der Waals surface area contributed by atoms with Gasteiger partial charge in [-0.1, -0.05) is 6.07 Å². The molecular formula is C26H28N8O5. The number of fused-ring (bicyclic) bond motifs is 3. The van der Waals surface area contributed by atoms with Gasteiger partial charge in [-0.2, -0.15) is 9.61 Å². The van der Waals surface area contributed by atoms with Crippen LogP contribution in [0, 0.1) is 0 Å². The lowest BCUT2D eigenvalue weighted by molar-refractivity contribution is -0.138. The van der Waals surface area contributed by atoms with Crippen LogP contribution >= 0.6 is 0 Å². The van der Waals surface area contributed by atoms with Crippen molar-refractivity contribution in [1.29, 1.82) is 0 Å². The molecule has 5 N–H and O–H groups in total. The number of urea groups is 1. The number of nitrogens with two attached hydrogens (primary N) is 1. The smallest absolute Gasteiger partial charge is 0.322 e. The first-order chi connectivity index (χ1) is 18.6. The molecule has 3 aromatic heterocycles. The van der Waals surface area contributed by atoms with Gasteiger partial charge in [-0.3, -0.25) is 24.7 Å². The molecule has 0 aliphatic carbocycles. The second-order valence-electron chi connectivity index (χ2n) is 10.6. The average molecular weight is 533 g/mol. The van der Waals surface area contributed by atoms with Crippen LogP contribution in [0.25, 0.3) is 16.8 Å². The molecule has 1 unspecified atom stereocenters. The molecule has 39 heavy (non-hydrogen) atoms. The first kappa shape index (κ1) is 24.9. The van der Waals surface area contributed by atoms with Crippen molar-refractivity contribution in [3.63, 3.8) is 0 Å². The van der Waals surface area contributed by atoms with Gasteiger partial charge in [0, 0.05) is 35.3 Å². The second kappa shape index (κ2) is 8.83. The normalized spacial score (nSPS) is 26.1. The molecule has 0 aromatic carbocycles. The van der Waals surface area contributed by atoms with E-state index in [1.807, 2.05) is 0 Å². The highest BCUT2D eigenvalue weighted by molar-refractivity contribution is 6.07. The van der Waals surface area contributed by atoms with Crippen LogP contribution in [0.1, 0.15) is 67.2 Å². The molecule has 4 amide bonds. The molecule has 3 saturated heterocycles. The summed E-state index contributed by atoms with van der Waals surface area (Å²) in [6.45, 7) is 2.51. The number of hydrogen-bond acceptors (Lipinski definition) is 9. The highest BCUT2D eigenvalue weighted by Gasteiger charge is 2.46. The van der Waals surface area contributed by atoms with Crippen LogP contribution < -0.4 is 16.4 Å². The van der Waals surface area contributed by atoms with Crippen LogP contribution in [0.4, 0.5) is 10.6 Å². The lowest BCUT2D eigenvalue weighted by Crippen LogP contribution is -2.47. The topological polar surface area (TPSA) is 185 Å². The zero-order valence-electron chi connectivity index (χ0n) is 21.5. The van der Waals surface area contributed by atoms with Crippen molar-refractivity contribution in [2.75, 3.05) is 12.3 Å². The van der Waals surface area contributed by atoms with E-state index in [-0.39, 0.29) is 35.5 Å². The molecule has 13 heteroatoms. The lowest BCUT2D eigenvalue weighted by Gasteiger charge is -2.39. The van der Waals surface area contributed by atoms with Crippen molar-refractivity contribution >= 4 is 35.1 Å². The monoisotopic (exact) mass is 532 g/mol. The molecule has 4 atom stereocenters. The predicted octanol–water partition coefficient (Wildman–Crippen LogP) is 0.860. The Labute approximate surface area is 222 Å². The first-order valence-corrected chi connectivity index (χ1v) is 12.8. The van der Waals surface area contributed by atoms with E-state index >= 15 is 0 Å². The molecular weight excluding hydrogens is 504 g/mol. The van der Waals surface area contributed by atoms with Crippen molar-refractivity contribution in [3.8, 4) is 11.1 Å². The van der Waals surface area contributed by atoms with Crippen molar-refractivity contribution in [2.24, 2.45) is 0 Å². The van der Waals surface area contributed by atoms with Gasteiger partial charge in [0.15, 0.2) is 17.0 Å². The number of carbonyl (C=O) groups excluding carboxylic acids is 4. The Hall–Kier alpha value is -4.39. The molecule has 2 bridgehead atoms. The van der Waals surface area contributed by atoms with Crippen LogP contribution in [0.2, 0.25) is 0 Å². The Morgan fingerprint density at radius 2 is 1.90 bits per heavy atom. The number of nitrogens with zero attached hydrogens (tertiary/aromatic N) is 5. The van der Waals surface area contributed by atoms with Gasteiger partial charge < -0.3 is 21.1 Å². The van der Waals surface area contributed by atoms with Crippen LogP contribution in [-0.4, -0.2) is 71.9 Å². The van der Waals surface area contributed by atoms with Gasteiger partial charge >= 0.3 is 6.03 Å². The van der Waals surface area contributed by atoms with Gasteiger partial charge in [0.1, 0.15) is 12.4 Å². The summed E-state index contributed by atoms with van der Waals surface area (Å²) in [6, 6.07) is 2.79. The minimum Gasteiger partial charge on any atom is -0.387 e. The summed E-state index contributed by atoms with van der Waals surface area (Å²) < 4.78 is 1.44. The minimum absolute atomic E-state index is 0.0248. The fourth-order valence-electron chi connectivity index (χ4n) is 6.35. The minimum atomic E-state index is -1.28. The van der Waals surface area contributed by atoms with E-state index in [4.69, 9.17) is 10.7 Å². The number of piperidine rings is 1. The zero-order chi connectivity index (χ0) is 27.6. The number of imide groups is 1. The highest BCUT2D eigenvalue weighted by atomic mass is 16.3. The Morgan fingerprint density at radius 1 is 1.18 bits per heavy atom. The number of ketones is 1. The number of carbonyl (C=O) groups is 4. The number of aliphatic hydroxyl groups is 1. The third kappa shape index (κ3) is 3.75. The van der Waals surface area contributed by atoms with Crippen LogP contribution in [0.3, 0.4) is 0 Å². The van der Waals surface area contributed by atoms with Gasteiger partial charge in [0.2, 0.25) is 5.91 Å². The van der Waals surface area contributed by atoms with E-state index in [1.54, 1.807) is 36.4 Å². The quantitative estimate of drug-likeness (QED) is 0.273. The summed E-state index contributed by atoms with van der Waals surface area (Å²) in [5.74, 6) is -0.874. The number of rotatable bonds is 5. The number of pyridine rings is 1. The van der Waals surface area contributed by atoms with Crippen LogP contribution in [-0.2, 0) is 15.1 Å². The van der Waals surface area contributed by atoms with Crippen molar-refractivity contribution < 1.29 is 24.3 Å². The maximum Gasteiger partial charge on any atom is 0.322 e. The maximum atomic E-state index is 12.8. The first-order valence-electron chi connectivity index (χ1n) is 12.8. The molecule has 13 nitrogen and oxygen atoms in total. The van der Waals surface area contributed by atoms with Crippen molar-refractivity contribution in [1.82, 2.24) is 35.1 Å². The number of hydrogen-bond donors (Lipinski definition) is 4. The number of Topliss-reactive ketones (excluding diaryl/α,β-unsaturated/α-hetero) is 1. The summed E-state index contributed by atoms with van der Waals surface area (Å²) in [4.78, 5) is 60.2. The Balaban J connectivity index is 1.40. The third-order valence-corrected chi connectivity index (χ3v) is 8.24. The van der Waals surface area contributed by atoms with E-state index in [2.05, 4.69) is 20.7 Å². The summed E-state index contributed by atoms with van der Waals surface area (Å²) in [7, 11) is 0. The molecule has 202 valence electrons. The number of anilines is 1. The van der Waals surface area contributed by atoms with E-state index in [0.717, 1.165) is 12.8 Å². The largest absolute Gasteiger partial charge is 0.387 e. The van der Waals surface area contributed by atoms with E-state index in [0.29, 0.717) is 46.6 Å². The number of aliphatic hydroxyl groups excluding tert-OH is 1. The zero-order valence-corrected chi connectivity index (χ0v) is 21.5. The molecule has 3 aliphatic heterocycles. The second-order valence-corrected chi connectivity index (χ2v) is 10.6. The Morgan fingerprint density at radius 3 is 2.46 bits per heavy atom. The van der Waals surface area contributed by atoms with E-state index in [9.17, 15) is 24.3 Å². The summed E-state index contributed by atoms with van der Waals surface area (Å²) in [5, 5.41) is 18.6. The average Bonchev–Trinajstić information content (AvgIpc) is 3.54. The van der Waals surface area contributed by atoms with E-state index in [1.165, 1.54) is 11.4 Å². The number of nitrogen functional groups attached to an aromatic ring is 1. The standard InChI is InChI=1S/C26H28N8O5/c1-12(36)20-21(14-7-15-4-5-16(8-14)33(15)19(37)11-35)30-23-17(10-29-34(23)22(20)27)13-3-6-18(28-9-13)26(2)24(38)31-25(39)32-26/h3,6,9-10,14-16,35H,4-5,7-8,11,27H2,1-2H3,(H2,31,32,38,39)/t14-,15-,16+,26?. The van der Waals surface area contributed by atoms with Gasteiger partial charge in [-0.05, 0) is 45.6 Å². The molecule has 0 saturated carbocycles. The molecule has 0 radical (unpaired) electrons. The third-order valence-electron chi connectivity index (χ3n) is 8.24. The van der Waals surface area contributed by atoms with Gasteiger partial charge in [0.05, 0.1) is 23.1 Å². The van der Waals surface area contributed by atoms with Crippen LogP contribution in [0.5, 0.6) is 0 Å². The number of aromatic nitrogens is 4. The molecule has 6 rings (SSSR count). The van der Waals surface area contributed by atoms with Gasteiger partial charge in [-0.25, -0.2) is 9.78 Å². The van der Waals surface area contributed by atoms with Gasteiger partial charge in [0.25, 0.3) is 5.91 Å². The molecule has 3 aliphatic rings. The SMILES string of the molecule is CC(=O)c1c([C@@H]2C[C@H]3CC[C@@H](C2)N3C(=O)CO)nc2c(-c3ccc(C4(C)NC(=O)NC4=O)nc3)cnn2c1N. The summed E-state index contributed by atoms with van der Waals surface area (Å²) in [5.41, 5.74) is 8.26.